The summed E-state index contributed by atoms with van der Waals surface area (Å²) in [5.74, 6) is 0.852. The Balaban J connectivity index is 1.53. The van der Waals surface area contributed by atoms with Crippen LogP contribution in [0.5, 0.6) is 5.75 Å². The summed E-state index contributed by atoms with van der Waals surface area (Å²) < 4.78 is 25.4. The molecule has 0 spiro atoms. The number of carbonyl (C=O) groups is 1. The SMILES string of the molecule is CC[C@@H]1CNCCN1C(=O)OCc1cc(OCC2CCCCC2)ccc1F. The zero-order valence-electron chi connectivity index (χ0n) is 16.2. The Hall–Kier alpha value is -1.82. The number of hydrogen-bond acceptors (Lipinski definition) is 4. The number of nitrogens with one attached hydrogen (secondary N) is 1. The molecule has 1 aromatic rings. The molecule has 27 heavy (non-hydrogen) atoms. The van der Waals surface area contributed by atoms with Gasteiger partial charge in [-0.1, -0.05) is 26.2 Å². The third-order valence-corrected chi connectivity index (χ3v) is 5.63. The van der Waals surface area contributed by atoms with Gasteiger partial charge >= 0.3 is 6.09 Å². The van der Waals surface area contributed by atoms with E-state index in [9.17, 15) is 9.18 Å². The minimum absolute atomic E-state index is 0.0777. The molecule has 0 aromatic heterocycles. The highest BCUT2D eigenvalue weighted by Crippen LogP contribution is 2.25. The summed E-state index contributed by atoms with van der Waals surface area (Å²) in [5.41, 5.74) is 0.354. The van der Waals surface area contributed by atoms with Crippen LogP contribution in [0.4, 0.5) is 9.18 Å². The number of nitrogens with zero attached hydrogens (tertiary/aromatic N) is 1. The number of hydrogen-bond donors (Lipinski definition) is 1. The Bertz CT molecular complexity index is 619. The quantitative estimate of drug-likeness (QED) is 0.810. The molecule has 1 aromatic carbocycles. The van der Waals surface area contributed by atoms with E-state index in [1.54, 1.807) is 17.0 Å². The molecule has 1 saturated carbocycles. The molecule has 1 saturated heterocycles. The van der Waals surface area contributed by atoms with Crippen molar-refractivity contribution in [1.82, 2.24) is 10.2 Å². The van der Waals surface area contributed by atoms with Gasteiger partial charge in [-0.15, -0.1) is 0 Å². The van der Waals surface area contributed by atoms with Crippen LogP contribution in [-0.2, 0) is 11.3 Å². The first-order valence-corrected chi connectivity index (χ1v) is 10.2. The number of ether oxygens (including phenoxy) is 2. The molecular weight excluding hydrogens is 347 g/mol. The van der Waals surface area contributed by atoms with Gasteiger partial charge < -0.3 is 19.7 Å². The van der Waals surface area contributed by atoms with E-state index in [0.29, 0.717) is 30.4 Å². The number of rotatable bonds is 6. The summed E-state index contributed by atoms with van der Waals surface area (Å²) in [6.07, 6.45) is 6.74. The van der Waals surface area contributed by atoms with Gasteiger partial charge in [0.1, 0.15) is 18.2 Å². The zero-order valence-corrected chi connectivity index (χ0v) is 16.2. The Morgan fingerprint density at radius 2 is 2.11 bits per heavy atom. The van der Waals surface area contributed by atoms with Crippen LogP contribution in [-0.4, -0.2) is 43.3 Å². The molecule has 2 fully saturated rings. The van der Waals surface area contributed by atoms with E-state index in [2.05, 4.69) is 5.32 Å². The topological polar surface area (TPSA) is 50.8 Å². The normalized spacial score (nSPS) is 21.1. The van der Waals surface area contributed by atoms with Crippen molar-refractivity contribution < 1.29 is 18.7 Å². The van der Waals surface area contributed by atoms with Crippen molar-refractivity contribution in [2.24, 2.45) is 5.92 Å². The van der Waals surface area contributed by atoms with Crippen LogP contribution >= 0.6 is 0 Å². The summed E-state index contributed by atoms with van der Waals surface area (Å²) in [4.78, 5) is 14.1. The van der Waals surface area contributed by atoms with E-state index < -0.39 is 0 Å². The molecule has 1 aliphatic heterocycles. The zero-order chi connectivity index (χ0) is 19.1. The molecule has 1 amide bonds. The molecule has 5 nitrogen and oxygen atoms in total. The van der Waals surface area contributed by atoms with Crippen molar-refractivity contribution in [2.75, 3.05) is 26.2 Å². The van der Waals surface area contributed by atoms with Gasteiger partial charge in [-0.25, -0.2) is 9.18 Å². The van der Waals surface area contributed by atoms with Gasteiger partial charge in [0.15, 0.2) is 0 Å². The fourth-order valence-electron chi connectivity index (χ4n) is 3.91. The Morgan fingerprint density at radius 3 is 2.89 bits per heavy atom. The maximum Gasteiger partial charge on any atom is 0.410 e. The molecule has 150 valence electrons. The van der Waals surface area contributed by atoms with Crippen LogP contribution in [0.2, 0.25) is 0 Å². The molecule has 6 heteroatoms. The largest absolute Gasteiger partial charge is 0.493 e. The molecular formula is C21H31FN2O3. The number of piperazine rings is 1. The van der Waals surface area contributed by atoms with Crippen LogP contribution in [0.25, 0.3) is 0 Å². The molecule has 2 aliphatic rings. The second-order valence-corrected chi connectivity index (χ2v) is 7.58. The van der Waals surface area contributed by atoms with Crippen molar-refractivity contribution in [3.63, 3.8) is 0 Å². The minimum Gasteiger partial charge on any atom is -0.493 e. The lowest BCUT2D eigenvalue weighted by atomic mass is 9.90. The van der Waals surface area contributed by atoms with Crippen LogP contribution < -0.4 is 10.1 Å². The van der Waals surface area contributed by atoms with Crippen LogP contribution in [0, 0.1) is 11.7 Å². The van der Waals surface area contributed by atoms with Gasteiger partial charge in [-0.05, 0) is 43.4 Å². The molecule has 1 atom stereocenters. The number of carbonyl (C=O) groups excluding carboxylic acids is 1. The monoisotopic (exact) mass is 378 g/mol. The molecule has 0 radical (unpaired) electrons. The van der Waals surface area contributed by atoms with Gasteiger partial charge in [-0.2, -0.15) is 0 Å². The van der Waals surface area contributed by atoms with Crippen LogP contribution in [0.3, 0.4) is 0 Å². The molecule has 1 aliphatic carbocycles. The summed E-state index contributed by atoms with van der Waals surface area (Å²) in [5, 5.41) is 3.28. The van der Waals surface area contributed by atoms with E-state index >= 15 is 0 Å². The highest BCUT2D eigenvalue weighted by Gasteiger charge is 2.26. The second kappa shape index (κ2) is 9.93. The average Bonchev–Trinajstić information content (AvgIpc) is 2.72. The first kappa shape index (κ1) is 19.9. The van der Waals surface area contributed by atoms with Gasteiger partial charge in [0, 0.05) is 31.2 Å². The van der Waals surface area contributed by atoms with E-state index in [1.807, 2.05) is 6.92 Å². The van der Waals surface area contributed by atoms with Crippen molar-refractivity contribution in [1.29, 1.82) is 0 Å². The molecule has 0 bridgehead atoms. The highest BCUT2D eigenvalue weighted by atomic mass is 19.1. The third kappa shape index (κ3) is 5.58. The Morgan fingerprint density at radius 1 is 1.30 bits per heavy atom. The summed E-state index contributed by atoms with van der Waals surface area (Å²) in [6.45, 7) is 4.78. The van der Waals surface area contributed by atoms with E-state index in [1.165, 1.54) is 38.2 Å². The lowest BCUT2D eigenvalue weighted by Crippen LogP contribution is -2.53. The number of benzene rings is 1. The van der Waals surface area contributed by atoms with Crippen molar-refractivity contribution >= 4 is 6.09 Å². The number of amides is 1. The predicted molar refractivity (Wildman–Crippen MR) is 102 cm³/mol. The standard InChI is InChI=1S/C21H31FN2O3/c1-2-18-13-23-10-11-24(18)21(25)27-15-17-12-19(8-9-20(17)22)26-14-16-6-4-3-5-7-16/h8-9,12,16,18,23H,2-7,10-11,13-15H2,1H3/t18-/m1/s1. The van der Waals surface area contributed by atoms with E-state index in [0.717, 1.165) is 19.5 Å². The van der Waals surface area contributed by atoms with E-state index in [-0.39, 0.29) is 24.6 Å². The Kier molecular flexibility index (Phi) is 7.33. The van der Waals surface area contributed by atoms with Gasteiger partial charge in [0.2, 0.25) is 0 Å². The van der Waals surface area contributed by atoms with Crippen LogP contribution in [0.1, 0.15) is 51.0 Å². The fraction of sp³-hybridized carbons (Fsp3) is 0.667. The van der Waals surface area contributed by atoms with E-state index in [4.69, 9.17) is 9.47 Å². The minimum atomic E-state index is -0.378. The van der Waals surface area contributed by atoms with Crippen molar-refractivity contribution in [3.05, 3.63) is 29.6 Å². The maximum absolute atomic E-state index is 14.1. The first-order valence-electron chi connectivity index (χ1n) is 10.2. The smallest absolute Gasteiger partial charge is 0.410 e. The molecule has 1 N–H and O–H groups in total. The maximum atomic E-state index is 14.1. The fourth-order valence-corrected chi connectivity index (χ4v) is 3.91. The second-order valence-electron chi connectivity index (χ2n) is 7.58. The van der Waals surface area contributed by atoms with Gasteiger partial charge in [-0.3, -0.25) is 0 Å². The number of halogens is 1. The Labute approximate surface area is 161 Å². The third-order valence-electron chi connectivity index (χ3n) is 5.63. The lowest BCUT2D eigenvalue weighted by Gasteiger charge is -2.34. The van der Waals surface area contributed by atoms with Crippen molar-refractivity contribution in [2.45, 2.75) is 58.1 Å². The van der Waals surface area contributed by atoms with Crippen LogP contribution in [0.15, 0.2) is 18.2 Å². The summed E-state index contributed by atoms with van der Waals surface area (Å²) in [7, 11) is 0. The average molecular weight is 378 g/mol. The summed E-state index contributed by atoms with van der Waals surface area (Å²) >= 11 is 0. The summed E-state index contributed by atoms with van der Waals surface area (Å²) in [6, 6.07) is 4.81. The predicted octanol–water partition coefficient (Wildman–Crippen LogP) is 4.11. The lowest BCUT2D eigenvalue weighted by molar-refractivity contribution is 0.0706. The highest BCUT2D eigenvalue weighted by molar-refractivity contribution is 5.68. The first-order chi connectivity index (χ1) is 13.2. The molecule has 0 unspecified atom stereocenters. The van der Waals surface area contributed by atoms with Crippen molar-refractivity contribution in [3.8, 4) is 5.75 Å². The van der Waals surface area contributed by atoms with Gasteiger partial charge in [0.05, 0.1) is 6.61 Å². The molecule has 3 rings (SSSR count). The van der Waals surface area contributed by atoms with Gasteiger partial charge in [0.25, 0.3) is 0 Å². The molecule has 1 heterocycles.